The van der Waals surface area contributed by atoms with Crippen LogP contribution in [0.4, 0.5) is 0 Å². The van der Waals surface area contributed by atoms with Gasteiger partial charge in [-0.05, 0) is 0 Å². The van der Waals surface area contributed by atoms with E-state index in [4.69, 9.17) is 5.41 Å². The minimum absolute atomic E-state index is 0. The van der Waals surface area contributed by atoms with Crippen LogP contribution in [0.3, 0.4) is 0 Å². The van der Waals surface area contributed by atoms with Gasteiger partial charge in [0, 0.05) is 13.1 Å². The summed E-state index contributed by atoms with van der Waals surface area (Å²) in [6, 6.07) is -0.745. The van der Waals surface area contributed by atoms with Crippen molar-refractivity contribution in [1.29, 1.82) is 5.41 Å². The van der Waals surface area contributed by atoms with Crippen LogP contribution in [0.25, 0.3) is 0 Å². The molecule has 3 nitrogen and oxygen atoms in total. The second-order valence-electron chi connectivity index (χ2n) is 0.579. The minimum Gasteiger partial charge on any atom is -0.847 e. The molecule has 30 valence electrons. The normalized spacial score (nSPS) is 5.50. The van der Waals surface area contributed by atoms with Gasteiger partial charge in [-0.15, -0.1) is 0 Å². The molecule has 2 N–H and O–H groups in total. The summed E-state index contributed by atoms with van der Waals surface area (Å²) in [4.78, 5) is 0. The molecule has 0 spiro atoms. The van der Waals surface area contributed by atoms with Crippen LogP contribution in [-0.4, -0.2) is 13.1 Å². The molecule has 0 saturated carbocycles. The van der Waals surface area contributed by atoms with Crippen LogP contribution in [0.1, 0.15) is 0 Å². The van der Waals surface area contributed by atoms with Crippen molar-refractivity contribution in [2.24, 2.45) is 0 Å². The molecule has 0 aliphatic heterocycles. The van der Waals surface area contributed by atoms with Crippen LogP contribution in [-0.2, 0) is 0 Å². The summed E-state index contributed by atoms with van der Waals surface area (Å²) in [6.45, 7) is 0. The Bertz CT molecular complexity index is 46.8. The summed E-state index contributed by atoms with van der Waals surface area (Å²) in [7, 11) is 1.41. The van der Waals surface area contributed by atoms with Crippen LogP contribution >= 0.6 is 0 Å². The SMILES string of the molecule is CNC(=N)[O-].[K+]. The van der Waals surface area contributed by atoms with Gasteiger partial charge in [0.25, 0.3) is 0 Å². The van der Waals surface area contributed by atoms with Gasteiger partial charge < -0.3 is 10.4 Å². The summed E-state index contributed by atoms with van der Waals surface area (Å²) in [5, 5.41) is 17.5. The van der Waals surface area contributed by atoms with Gasteiger partial charge >= 0.3 is 51.4 Å². The van der Waals surface area contributed by atoms with Crippen molar-refractivity contribution in [3.8, 4) is 0 Å². The second kappa shape index (κ2) is 5.91. The number of nitrogens with one attached hydrogen (secondary N) is 2. The average Bonchev–Trinajstić information content (AvgIpc) is 1.38. The third-order valence-electron chi connectivity index (χ3n) is 0.227. The first kappa shape index (κ1) is 10.0. The Labute approximate surface area is 79.1 Å². The summed E-state index contributed by atoms with van der Waals surface area (Å²) in [5.74, 6) is 0. The van der Waals surface area contributed by atoms with Gasteiger partial charge in [-0.1, -0.05) is 0 Å². The number of hydrogen-bond acceptors (Lipinski definition) is 2. The molecule has 0 heterocycles. The fourth-order valence-corrected chi connectivity index (χ4v) is 0. The maximum atomic E-state index is 9.37. The van der Waals surface area contributed by atoms with E-state index in [0.29, 0.717) is 0 Å². The maximum Gasteiger partial charge on any atom is 1.00 e. The van der Waals surface area contributed by atoms with E-state index < -0.39 is 6.02 Å². The Balaban J connectivity index is 0. The van der Waals surface area contributed by atoms with Gasteiger partial charge in [-0.2, -0.15) is 0 Å². The molecule has 0 rings (SSSR count). The first-order chi connectivity index (χ1) is 2.27. The largest absolute Gasteiger partial charge is 1.00 e. The second-order valence-corrected chi connectivity index (χ2v) is 0.579. The maximum absolute atomic E-state index is 9.37. The fraction of sp³-hybridized carbons (Fsp3) is 0.500. The third-order valence-corrected chi connectivity index (χ3v) is 0.227. The van der Waals surface area contributed by atoms with Crippen molar-refractivity contribution in [1.82, 2.24) is 5.32 Å². The van der Waals surface area contributed by atoms with Crippen LogP contribution in [0.15, 0.2) is 0 Å². The van der Waals surface area contributed by atoms with Gasteiger partial charge in [0.05, 0.1) is 0 Å². The van der Waals surface area contributed by atoms with Gasteiger partial charge in [-0.25, -0.2) is 0 Å². The molecule has 0 fully saturated rings. The molecule has 4 heteroatoms. The standard InChI is InChI=1S/C2H6N2O.K/c1-4-2(3)5;/h1H3,(H3,3,4,5);/q;+1/p-1. The van der Waals surface area contributed by atoms with Crippen LogP contribution < -0.4 is 61.8 Å². The molecule has 0 saturated heterocycles. The van der Waals surface area contributed by atoms with Crippen molar-refractivity contribution < 1.29 is 56.5 Å². The summed E-state index contributed by atoms with van der Waals surface area (Å²) < 4.78 is 0. The van der Waals surface area contributed by atoms with E-state index in [-0.39, 0.29) is 51.4 Å². The zero-order valence-corrected chi connectivity index (χ0v) is 7.03. The molecule has 0 aliphatic rings. The molecule has 0 bridgehead atoms. The summed E-state index contributed by atoms with van der Waals surface area (Å²) in [6.07, 6.45) is 0. The number of hydrogen-bond donors (Lipinski definition) is 2. The summed E-state index contributed by atoms with van der Waals surface area (Å²) in [5.41, 5.74) is 0. The van der Waals surface area contributed by atoms with Gasteiger partial charge in [-0.3, -0.25) is 5.41 Å². The molecule has 0 aromatic carbocycles. The van der Waals surface area contributed by atoms with Gasteiger partial charge in [0.15, 0.2) is 0 Å². The Morgan fingerprint density at radius 3 is 2.00 bits per heavy atom. The first-order valence-corrected chi connectivity index (χ1v) is 1.20. The van der Waals surface area contributed by atoms with E-state index in [1.54, 1.807) is 0 Å². The molecule has 0 aliphatic carbocycles. The molecule has 0 radical (unpaired) electrons. The van der Waals surface area contributed by atoms with Crippen LogP contribution in [0.2, 0.25) is 0 Å². The van der Waals surface area contributed by atoms with E-state index >= 15 is 0 Å². The Hall–Kier alpha value is 0.906. The molecule has 0 amide bonds. The van der Waals surface area contributed by atoms with Crippen molar-refractivity contribution >= 4 is 6.02 Å². The molecule has 0 unspecified atom stereocenters. The van der Waals surface area contributed by atoms with E-state index in [2.05, 4.69) is 5.32 Å². The quantitative estimate of drug-likeness (QED) is 0.188. The van der Waals surface area contributed by atoms with Gasteiger partial charge in [0.2, 0.25) is 0 Å². The molecule has 6 heavy (non-hydrogen) atoms. The topological polar surface area (TPSA) is 58.9 Å². The number of rotatable bonds is 0. The zero-order chi connectivity index (χ0) is 4.28. The van der Waals surface area contributed by atoms with E-state index in [0.717, 1.165) is 0 Å². The average molecular weight is 112 g/mol. The predicted octanol–water partition coefficient (Wildman–Crippen LogP) is -4.50. The van der Waals surface area contributed by atoms with Crippen LogP contribution in [0.5, 0.6) is 0 Å². The van der Waals surface area contributed by atoms with Crippen molar-refractivity contribution in [3.05, 3.63) is 0 Å². The summed E-state index contributed by atoms with van der Waals surface area (Å²) >= 11 is 0. The molecule has 0 atom stereocenters. The van der Waals surface area contributed by atoms with Gasteiger partial charge in [0.1, 0.15) is 0 Å². The first-order valence-electron chi connectivity index (χ1n) is 1.20. The fourth-order valence-electron chi connectivity index (χ4n) is 0. The van der Waals surface area contributed by atoms with E-state index in [1.807, 2.05) is 0 Å². The van der Waals surface area contributed by atoms with E-state index in [9.17, 15) is 5.11 Å². The molecule has 0 aromatic rings. The number of amidine groups is 1. The monoisotopic (exact) mass is 112 g/mol. The van der Waals surface area contributed by atoms with Crippen molar-refractivity contribution in [2.45, 2.75) is 0 Å². The van der Waals surface area contributed by atoms with Crippen LogP contribution in [0, 0.1) is 5.41 Å². The molecular weight excluding hydrogens is 107 g/mol. The minimum atomic E-state index is -0.745. The Morgan fingerprint density at radius 1 is 1.83 bits per heavy atom. The third kappa shape index (κ3) is 8.86. The molecule has 0 aromatic heterocycles. The zero-order valence-electron chi connectivity index (χ0n) is 3.91. The molecular formula is C2H5KN2O. The smallest absolute Gasteiger partial charge is 0.847 e. The Kier molecular flexibility index (Phi) is 9.85. The predicted molar refractivity (Wildman–Crippen MR) is 16.8 cm³/mol. The van der Waals surface area contributed by atoms with Crippen molar-refractivity contribution in [3.63, 3.8) is 0 Å². The van der Waals surface area contributed by atoms with Crippen molar-refractivity contribution in [2.75, 3.05) is 7.05 Å². The Morgan fingerprint density at radius 2 is 2.00 bits per heavy atom. The van der Waals surface area contributed by atoms with E-state index in [1.165, 1.54) is 7.05 Å².